The number of carbonyl (C=O) groups excluding carboxylic acids is 1. The molecule has 1 aliphatic carbocycles. The minimum atomic E-state index is -6.45. The topological polar surface area (TPSA) is 101 Å². The van der Waals surface area contributed by atoms with Crippen molar-refractivity contribution in [1.29, 1.82) is 0 Å². The molecule has 1 amide bonds. The molecule has 1 aromatic carbocycles. The number of aryl methyl sites for hydroxylation is 1. The highest BCUT2D eigenvalue weighted by atomic mass is 32.2. The molecule has 1 aromatic heterocycles. The Bertz CT molecular complexity index is 1650. The largest absolute Gasteiger partial charge is 0.437 e. The lowest BCUT2D eigenvalue weighted by molar-refractivity contribution is -0.350. The van der Waals surface area contributed by atoms with Crippen molar-refractivity contribution >= 4 is 25.6 Å². The fraction of sp³-hybridized carbons (Fsp3) is 0.538. The number of halogens is 8. The van der Waals surface area contributed by atoms with Crippen molar-refractivity contribution in [3.05, 3.63) is 59.2 Å². The molecule has 3 heterocycles. The van der Waals surface area contributed by atoms with Crippen molar-refractivity contribution < 1.29 is 56.8 Å². The van der Waals surface area contributed by atoms with Gasteiger partial charge in [-0.15, -0.1) is 0 Å². The molecule has 2 saturated heterocycles. The summed E-state index contributed by atoms with van der Waals surface area (Å²) in [5.41, 5.74) is -8.52. The molecular weight excluding hydrogens is 636 g/mol. The third kappa shape index (κ3) is 4.80. The molecule has 0 saturated carbocycles. The maximum Gasteiger partial charge on any atom is 0.437 e. The lowest BCUT2D eigenvalue weighted by Crippen LogP contribution is -2.54. The fourth-order valence-electron chi connectivity index (χ4n) is 6.52. The zero-order chi connectivity index (χ0) is 31.8. The van der Waals surface area contributed by atoms with Gasteiger partial charge in [0.1, 0.15) is 20.4 Å². The van der Waals surface area contributed by atoms with Crippen molar-refractivity contribution in [3.63, 3.8) is 0 Å². The van der Waals surface area contributed by atoms with Crippen LogP contribution in [0.25, 0.3) is 0 Å². The van der Waals surface area contributed by atoms with E-state index in [1.54, 1.807) is 0 Å². The molecule has 0 bridgehead atoms. The summed E-state index contributed by atoms with van der Waals surface area (Å²) < 4.78 is 160. The van der Waals surface area contributed by atoms with Gasteiger partial charge in [-0.25, -0.2) is 25.6 Å². The first kappa shape index (κ1) is 31.6. The molecule has 7 nitrogen and oxygen atoms in total. The van der Waals surface area contributed by atoms with Crippen molar-refractivity contribution in [2.45, 2.75) is 65.8 Å². The third-order valence-corrected chi connectivity index (χ3v) is 12.9. The Hall–Kier alpha value is -2.82. The van der Waals surface area contributed by atoms with E-state index in [1.807, 2.05) is 0 Å². The van der Waals surface area contributed by atoms with Gasteiger partial charge in [-0.3, -0.25) is 9.78 Å². The van der Waals surface area contributed by atoms with Gasteiger partial charge in [0.05, 0.1) is 28.1 Å². The average molecular weight is 661 g/mol. The van der Waals surface area contributed by atoms with E-state index in [1.165, 1.54) is 4.90 Å². The molecule has 43 heavy (non-hydrogen) atoms. The second kappa shape index (κ2) is 10.1. The SMILES string of the molecule is O=C(C1CCS(=O)(=O)CC1)N1CCC2(S(=O)(=O)c3cccc(F)c3)c3cnc(C(F)(C(F)(F)F)C(F)(F)F)cc3CCC12. The number of benzene rings is 1. The number of hydrogen-bond donors (Lipinski definition) is 0. The van der Waals surface area contributed by atoms with Crippen molar-refractivity contribution in [2.24, 2.45) is 5.92 Å². The van der Waals surface area contributed by atoms with Crippen LogP contribution in [0.3, 0.4) is 0 Å². The van der Waals surface area contributed by atoms with Gasteiger partial charge in [0.15, 0.2) is 9.84 Å². The van der Waals surface area contributed by atoms with Gasteiger partial charge >= 0.3 is 18.0 Å². The van der Waals surface area contributed by atoms with Gasteiger partial charge in [-0.1, -0.05) is 6.07 Å². The Morgan fingerprint density at radius 2 is 1.60 bits per heavy atom. The van der Waals surface area contributed by atoms with Crippen LogP contribution in [0.5, 0.6) is 0 Å². The zero-order valence-corrected chi connectivity index (χ0v) is 23.7. The first-order valence-corrected chi connectivity index (χ1v) is 16.4. The number of alkyl halides is 7. The molecule has 5 rings (SSSR count). The third-order valence-electron chi connectivity index (χ3n) is 8.68. The summed E-state index contributed by atoms with van der Waals surface area (Å²) in [4.78, 5) is 17.5. The van der Waals surface area contributed by atoms with Crippen LogP contribution in [0.1, 0.15) is 42.5 Å². The smallest absolute Gasteiger partial charge is 0.337 e. The van der Waals surface area contributed by atoms with E-state index >= 15 is 0 Å². The van der Waals surface area contributed by atoms with E-state index in [9.17, 15) is 56.8 Å². The van der Waals surface area contributed by atoms with Crippen molar-refractivity contribution in [1.82, 2.24) is 9.88 Å². The van der Waals surface area contributed by atoms with E-state index in [0.717, 1.165) is 18.2 Å². The van der Waals surface area contributed by atoms with Crippen LogP contribution in [0.15, 0.2) is 41.4 Å². The van der Waals surface area contributed by atoms with Crippen LogP contribution in [0.4, 0.5) is 35.1 Å². The van der Waals surface area contributed by atoms with E-state index < -0.39 is 76.7 Å². The van der Waals surface area contributed by atoms with Crippen LogP contribution >= 0.6 is 0 Å². The highest BCUT2D eigenvalue weighted by Crippen LogP contribution is 2.56. The van der Waals surface area contributed by atoms with Gasteiger partial charge in [0.2, 0.25) is 5.91 Å². The maximum absolute atomic E-state index is 14.9. The van der Waals surface area contributed by atoms with E-state index in [2.05, 4.69) is 4.98 Å². The number of amides is 1. The Labute approximate surface area is 241 Å². The molecule has 2 aromatic rings. The van der Waals surface area contributed by atoms with E-state index in [4.69, 9.17) is 0 Å². The number of likely N-dealkylation sites (tertiary alicyclic amines) is 1. The molecule has 17 heteroatoms. The quantitative estimate of drug-likeness (QED) is 0.447. The second-order valence-electron chi connectivity index (χ2n) is 11.0. The Balaban J connectivity index is 1.66. The molecule has 2 unspecified atom stereocenters. The summed E-state index contributed by atoms with van der Waals surface area (Å²) in [5, 5.41) is 0. The summed E-state index contributed by atoms with van der Waals surface area (Å²) in [5.74, 6) is -2.75. The molecule has 2 fully saturated rings. The first-order chi connectivity index (χ1) is 19.8. The van der Waals surface area contributed by atoms with Gasteiger partial charge in [-0.05, 0) is 67.5 Å². The van der Waals surface area contributed by atoms with Crippen LogP contribution < -0.4 is 0 Å². The summed E-state index contributed by atoms with van der Waals surface area (Å²) in [6.45, 7) is -0.208. The lowest BCUT2D eigenvalue weighted by atomic mass is 9.78. The van der Waals surface area contributed by atoms with Gasteiger partial charge in [0, 0.05) is 18.7 Å². The molecule has 236 valence electrons. The number of fused-ring (bicyclic) bond motifs is 3. The highest BCUT2D eigenvalue weighted by molar-refractivity contribution is 7.92. The zero-order valence-electron chi connectivity index (χ0n) is 22.1. The standard InChI is InChI=1S/C26H24F8N2O5S2/c27-17-2-1-3-18(13-17)43(40,41)23-8-9-36(22(37)15-6-10-42(38,39)11-7-15)21(23)5-4-16-12-20(35-14-19(16)23)24(28,25(29,30)31)26(32,33)34/h1-3,12-15,21H,4-11H2. The monoisotopic (exact) mass is 660 g/mol. The minimum absolute atomic E-state index is 0.0109. The van der Waals surface area contributed by atoms with Crippen LogP contribution in [-0.2, 0) is 41.3 Å². The number of hydrogen-bond acceptors (Lipinski definition) is 6. The van der Waals surface area contributed by atoms with E-state index in [-0.39, 0.29) is 67.3 Å². The summed E-state index contributed by atoms with van der Waals surface area (Å²) in [6, 6.07) is 2.89. The molecule has 0 spiro atoms. The molecule has 0 N–H and O–H groups in total. The second-order valence-corrected chi connectivity index (χ2v) is 15.5. The van der Waals surface area contributed by atoms with Crippen LogP contribution in [0.2, 0.25) is 0 Å². The summed E-state index contributed by atoms with van der Waals surface area (Å²) in [6.07, 6.45) is -13.4. The van der Waals surface area contributed by atoms with Gasteiger partial charge in [0.25, 0.3) is 0 Å². The summed E-state index contributed by atoms with van der Waals surface area (Å²) >= 11 is 0. The molecule has 0 radical (unpaired) electrons. The maximum atomic E-state index is 14.9. The predicted molar refractivity (Wildman–Crippen MR) is 134 cm³/mol. The Morgan fingerprint density at radius 3 is 2.19 bits per heavy atom. The molecule has 2 atom stereocenters. The number of aromatic nitrogens is 1. The van der Waals surface area contributed by atoms with Gasteiger partial charge < -0.3 is 4.90 Å². The van der Waals surface area contributed by atoms with Crippen LogP contribution in [-0.4, -0.2) is 69.1 Å². The first-order valence-electron chi connectivity index (χ1n) is 13.1. The number of nitrogens with zero attached hydrogens (tertiary/aromatic N) is 2. The number of sulfone groups is 2. The minimum Gasteiger partial charge on any atom is -0.337 e. The van der Waals surface area contributed by atoms with Crippen molar-refractivity contribution in [2.75, 3.05) is 18.1 Å². The Morgan fingerprint density at radius 1 is 0.977 bits per heavy atom. The predicted octanol–water partition coefficient (Wildman–Crippen LogP) is 4.55. The molecule has 2 aliphatic heterocycles. The Kier molecular flexibility index (Phi) is 7.43. The molecular formula is C26H24F8N2O5S2. The van der Waals surface area contributed by atoms with Gasteiger partial charge in [-0.2, -0.15) is 26.3 Å². The number of rotatable bonds is 4. The summed E-state index contributed by atoms with van der Waals surface area (Å²) in [7, 11) is -8.08. The highest BCUT2D eigenvalue weighted by Gasteiger charge is 2.75. The lowest BCUT2D eigenvalue weighted by Gasteiger charge is -2.43. The number of carbonyl (C=O) groups is 1. The average Bonchev–Trinajstić information content (AvgIpc) is 3.32. The number of pyridine rings is 1. The fourth-order valence-corrected chi connectivity index (χ4v) is 10.4. The van der Waals surface area contributed by atoms with Crippen molar-refractivity contribution in [3.8, 4) is 0 Å². The molecule has 3 aliphatic rings. The van der Waals surface area contributed by atoms with E-state index in [0.29, 0.717) is 12.3 Å². The van der Waals surface area contributed by atoms with Crippen LogP contribution in [0, 0.1) is 11.7 Å². The normalized spacial score (nSPS) is 24.8.